The molecule has 5 heteroatoms. The van der Waals surface area contributed by atoms with Crippen molar-refractivity contribution in [3.63, 3.8) is 0 Å². The Morgan fingerprint density at radius 1 is 1.35 bits per heavy atom. The van der Waals surface area contributed by atoms with Crippen LogP contribution in [-0.2, 0) is 4.79 Å². The Morgan fingerprint density at radius 2 is 2.04 bits per heavy atom. The van der Waals surface area contributed by atoms with Gasteiger partial charge in [0.15, 0.2) is 0 Å². The topological polar surface area (TPSA) is 50.6 Å². The van der Waals surface area contributed by atoms with Crippen molar-refractivity contribution in [3.8, 4) is 6.07 Å². The number of amides is 1. The van der Waals surface area contributed by atoms with Crippen LogP contribution < -0.4 is 4.90 Å². The number of nitrogens with zero attached hydrogens (tertiary/aromatic N) is 4. The van der Waals surface area contributed by atoms with Gasteiger partial charge in [-0.15, -0.1) is 0 Å². The summed E-state index contributed by atoms with van der Waals surface area (Å²) in [6, 6.07) is 10.1. The number of benzene rings is 1. The highest BCUT2D eigenvalue weighted by atomic mass is 16.2. The zero-order valence-corrected chi connectivity index (χ0v) is 14.1. The zero-order valence-electron chi connectivity index (χ0n) is 14.1. The third-order valence-electron chi connectivity index (χ3n) is 4.10. The van der Waals surface area contributed by atoms with Gasteiger partial charge in [0.05, 0.1) is 0 Å². The van der Waals surface area contributed by atoms with Crippen LogP contribution in [0, 0.1) is 18.3 Å². The lowest BCUT2D eigenvalue weighted by Gasteiger charge is -2.32. The molecule has 0 atom stereocenters. The van der Waals surface area contributed by atoms with Gasteiger partial charge in [-0.05, 0) is 38.6 Å². The smallest absolute Gasteiger partial charge is 0.266 e. The Morgan fingerprint density at radius 3 is 2.61 bits per heavy atom. The molecular formula is C18H24N4O. The first-order valence-electron chi connectivity index (χ1n) is 7.98. The van der Waals surface area contributed by atoms with Gasteiger partial charge in [0.2, 0.25) is 0 Å². The molecular weight excluding hydrogens is 288 g/mol. The van der Waals surface area contributed by atoms with Crippen LogP contribution in [0.3, 0.4) is 0 Å². The van der Waals surface area contributed by atoms with Crippen molar-refractivity contribution in [2.24, 2.45) is 0 Å². The third kappa shape index (κ3) is 4.33. The summed E-state index contributed by atoms with van der Waals surface area (Å²) in [6.07, 6.45) is 1.68. The van der Waals surface area contributed by atoms with E-state index in [-0.39, 0.29) is 11.5 Å². The number of nitriles is 1. The van der Waals surface area contributed by atoms with Gasteiger partial charge < -0.3 is 14.7 Å². The predicted octanol–water partition coefficient (Wildman–Crippen LogP) is 2.00. The Hall–Kier alpha value is -2.32. The SMILES string of the molecule is CCN(/C=C(/C#N)C(=O)N1CCN(C)CC1)c1cccc(C)c1. The normalized spacial score (nSPS) is 16.1. The van der Waals surface area contributed by atoms with Gasteiger partial charge in [-0.2, -0.15) is 5.26 Å². The van der Waals surface area contributed by atoms with Gasteiger partial charge in [-0.3, -0.25) is 4.79 Å². The number of anilines is 1. The predicted molar refractivity (Wildman–Crippen MR) is 92.0 cm³/mol. The van der Waals surface area contributed by atoms with Gasteiger partial charge in [-0.25, -0.2) is 0 Å². The Balaban J connectivity index is 2.19. The maximum atomic E-state index is 12.6. The Kier molecular flexibility index (Phi) is 5.78. The summed E-state index contributed by atoms with van der Waals surface area (Å²) < 4.78 is 0. The fourth-order valence-electron chi connectivity index (χ4n) is 2.62. The molecule has 0 spiro atoms. The molecule has 1 aliphatic heterocycles. The largest absolute Gasteiger partial charge is 0.347 e. The van der Waals surface area contributed by atoms with Gasteiger partial charge in [0, 0.05) is 44.6 Å². The fourth-order valence-corrected chi connectivity index (χ4v) is 2.62. The highest BCUT2D eigenvalue weighted by Crippen LogP contribution is 2.18. The fraction of sp³-hybridized carbons (Fsp3) is 0.444. The second-order valence-corrected chi connectivity index (χ2v) is 5.88. The van der Waals surface area contributed by atoms with Gasteiger partial charge in [-0.1, -0.05) is 12.1 Å². The first-order valence-corrected chi connectivity index (χ1v) is 7.98. The van der Waals surface area contributed by atoms with E-state index in [1.54, 1.807) is 11.1 Å². The molecule has 1 amide bonds. The minimum Gasteiger partial charge on any atom is -0.347 e. The molecule has 1 fully saturated rings. The number of rotatable bonds is 4. The van der Waals surface area contributed by atoms with E-state index < -0.39 is 0 Å². The molecule has 0 aromatic heterocycles. The molecule has 5 nitrogen and oxygen atoms in total. The molecule has 1 heterocycles. The molecule has 0 unspecified atom stereocenters. The number of hydrogen-bond acceptors (Lipinski definition) is 4. The van der Waals surface area contributed by atoms with Crippen LogP contribution in [0.15, 0.2) is 36.0 Å². The average molecular weight is 312 g/mol. The lowest BCUT2D eigenvalue weighted by molar-refractivity contribution is -0.128. The second kappa shape index (κ2) is 7.80. The van der Waals surface area contributed by atoms with E-state index >= 15 is 0 Å². The molecule has 0 radical (unpaired) electrons. The van der Waals surface area contributed by atoms with E-state index in [0.29, 0.717) is 19.6 Å². The van der Waals surface area contributed by atoms with Gasteiger partial charge in [0.25, 0.3) is 5.91 Å². The van der Waals surface area contributed by atoms with E-state index in [9.17, 15) is 10.1 Å². The number of carbonyl (C=O) groups excluding carboxylic acids is 1. The monoisotopic (exact) mass is 312 g/mol. The van der Waals surface area contributed by atoms with Crippen LogP contribution in [0.25, 0.3) is 0 Å². The van der Waals surface area contributed by atoms with Crippen molar-refractivity contribution in [2.75, 3.05) is 44.7 Å². The second-order valence-electron chi connectivity index (χ2n) is 5.88. The van der Waals surface area contributed by atoms with E-state index in [1.165, 1.54) is 0 Å². The number of hydrogen-bond donors (Lipinski definition) is 0. The van der Waals surface area contributed by atoms with Crippen molar-refractivity contribution in [1.29, 1.82) is 5.26 Å². The summed E-state index contributed by atoms with van der Waals surface area (Å²) >= 11 is 0. The van der Waals surface area contributed by atoms with Crippen molar-refractivity contribution in [2.45, 2.75) is 13.8 Å². The molecule has 1 aromatic rings. The van der Waals surface area contributed by atoms with Crippen molar-refractivity contribution in [3.05, 3.63) is 41.6 Å². The minimum absolute atomic E-state index is 0.174. The number of aryl methyl sites for hydroxylation is 1. The average Bonchev–Trinajstić information content (AvgIpc) is 2.56. The molecule has 0 aliphatic carbocycles. The first kappa shape index (κ1) is 17.0. The van der Waals surface area contributed by atoms with E-state index in [1.807, 2.05) is 44.0 Å². The number of piperazine rings is 1. The summed E-state index contributed by atoms with van der Waals surface area (Å²) in [4.78, 5) is 18.5. The quantitative estimate of drug-likeness (QED) is 0.630. The first-order chi connectivity index (χ1) is 11.0. The van der Waals surface area contributed by atoms with Crippen LogP contribution >= 0.6 is 0 Å². The standard InChI is InChI=1S/C18H24N4O/c1-4-21(17-7-5-6-15(2)12-17)14-16(13-19)18(23)22-10-8-20(3)9-11-22/h5-7,12,14H,4,8-11H2,1-3H3/b16-14-. The molecule has 1 aromatic carbocycles. The lowest BCUT2D eigenvalue weighted by atomic mass is 10.2. The maximum Gasteiger partial charge on any atom is 0.266 e. The molecule has 122 valence electrons. The van der Waals surface area contributed by atoms with Crippen LogP contribution in [0.5, 0.6) is 0 Å². The van der Waals surface area contributed by atoms with Gasteiger partial charge >= 0.3 is 0 Å². The van der Waals surface area contributed by atoms with Crippen LogP contribution in [0.2, 0.25) is 0 Å². The lowest BCUT2D eigenvalue weighted by Crippen LogP contribution is -2.47. The minimum atomic E-state index is -0.174. The molecule has 0 N–H and O–H groups in total. The molecule has 0 saturated carbocycles. The van der Waals surface area contributed by atoms with Crippen LogP contribution in [-0.4, -0.2) is 55.5 Å². The number of likely N-dealkylation sites (N-methyl/N-ethyl adjacent to an activating group) is 1. The summed E-state index contributed by atoms with van der Waals surface area (Å²) in [5.74, 6) is -0.174. The van der Waals surface area contributed by atoms with E-state index in [4.69, 9.17) is 0 Å². The summed E-state index contributed by atoms with van der Waals surface area (Å²) in [5, 5.41) is 9.42. The Labute approximate surface area is 138 Å². The summed E-state index contributed by atoms with van der Waals surface area (Å²) in [6.45, 7) is 7.77. The van der Waals surface area contributed by atoms with Crippen molar-refractivity contribution >= 4 is 11.6 Å². The molecule has 23 heavy (non-hydrogen) atoms. The van der Waals surface area contributed by atoms with Gasteiger partial charge in [0.1, 0.15) is 11.6 Å². The molecule has 1 aliphatic rings. The van der Waals surface area contributed by atoms with Crippen molar-refractivity contribution < 1.29 is 4.79 Å². The van der Waals surface area contributed by atoms with E-state index in [0.717, 1.165) is 24.3 Å². The molecule has 0 bridgehead atoms. The van der Waals surface area contributed by atoms with Crippen LogP contribution in [0.4, 0.5) is 5.69 Å². The van der Waals surface area contributed by atoms with Crippen molar-refractivity contribution in [1.82, 2.24) is 9.80 Å². The molecule has 1 saturated heterocycles. The van der Waals surface area contributed by atoms with E-state index in [2.05, 4.69) is 17.0 Å². The summed E-state index contributed by atoms with van der Waals surface area (Å²) in [7, 11) is 2.04. The van der Waals surface area contributed by atoms with Crippen LogP contribution in [0.1, 0.15) is 12.5 Å². The number of carbonyl (C=O) groups is 1. The Bertz CT molecular complexity index is 624. The highest BCUT2D eigenvalue weighted by molar-refractivity contribution is 5.97. The molecule has 2 rings (SSSR count). The maximum absolute atomic E-state index is 12.6. The zero-order chi connectivity index (χ0) is 16.8. The highest BCUT2D eigenvalue weighted by Gasteiger charge is 2.22. The summed E-state index contributed by atoms with van der Waals surface area (Å²) in [5.41, 5.74) is 2.34. The third-order valence-corrected chi connectivity index (χ3v) is 4.10.